The maximum absolute atomic E-state index is 13.0. The first-order chi connectivity index (χ1) is 13.5. The minimum absolute atomic E-state index is 0.250. The first-order valence-electron chi connectivity index (χ1n) is 9.58. The standard InChI is InChI=1S/C19H32N4O5S/c1-11(2)23-15(24)14-12(3)13(10-20-21-17(25)28-19(4,5)6)29-16(14)22(18(23)26)8-9-27-7/h11,17,20-21,25H,8-10H2,1-7H3. The van der Waals surface area contributed by atoms with Gasteiger partial charge in [0.1, 0.15) is 4.83 Å². The van der Waals surface area contributed by atoms with Crippen LogP contribution in [0.15, 0.2) is 9.59 Å². The first-order valence-corrected chi connectivity index (χ1v) is 10.4. The predicted octanol–water partition coefficient (Wildman–Crippen LogP) is 1.45. The van der Waals surface area contributed by atoms with Crippen molar-refractivity contribution in [2.24, 2.45) is 0 Å². The molecule has 29 heavy (non-hydrogen) atoms. The van der Waals surface area contributed by atoms with Crippen molar-refractivity contribution < 1.29 is 14.6 Å². The van der Waals surface area contributed by atoms with Crippen molar-refractivity contribution in [2.75, 3.05) is 13.7 Å². The Morgan fingerprint density at radius 2 is 1.90 bits per heavy atom. The second kappa shape index (κ2) is 9.50. The van der Waals surface area contributed by atoms with Crippen LogP contribution in [0.5, 0.6) is 0 Å². The number of hydrogen-bond acceptors (Lipinski definition) is 8. The molecule has 0 aromatic carbocycles. The molecule has 0 saturated heterocycles. The van der Waals surface area contributed by atoms with E-state index in [4.69, 9.17) is 9.47 Å². The van der Waals surface area contributed by atoms with Gasteiger partial charge in [-0.1, -0.05) is 0 Å². The molecule has 0 radical (unpaired) electrons. The number of aryl methyl sites for hydroxylation is 1. The molecule has 0 spiro atoms. The second-order valence-corrected chi connectivity index (χ2v) is 9.19. The summed E-state index contributed by atoms with van der Waals surface area (Å²) in [5, 5.41) is 10.4. The largest absolute Gasteiger partial charge is 0.383 e. The molecule has 0 bridgehead atoms. The van der Waals surface area contributed by atoms with Crippen LogP contribution < -0.4 is 22.1 Å². The third-order valence-corrected chi connectivity index (χ3v) is 5.63. The zero-order chi connectivity index (χ0) is 21.9. The molecule has 2 aromatic heterocycles. The van der Waals surface area contributed by atoms with Crippen LogP contribution in [0.4, 0.5) is 0 Å². The number of ether oxygens (including phenoxy) is 2. The Bertz CT molecular complexity index is 955. The highest BCUT2D eigenvalue weighted by molar-refractivity contribution is 7.18. The lowest BCUT2D eigenvalue weighted by Crippen LogP contribution is -2.45. The summed E-state index contributed by atoms with van der Waals surface area (Å²) in [4.78, 5) is 27.4. The van der Waals surface area contributed by atoms with Crippen molar-refractivity contribution in [1.82, 2.24) is 20.0 Å². The highest BCUT2D eigenvalue weighted by Gasteiger charge is 2.21. The van der Waals surface area contributed by atoms with E-state index in [-0.39, 0.29) is 17.3 Å². The van der Waals surface area contributed by atoms with Gasteiger partial charge in [-0.15, -0.1) is 11.3 Å². The number of aliphatic hydroxyl groups excluding tert-OH is 1. The van der Waals surface area contributed by atoms with E-state index in [1.165, 1.54) is 15.9 Å². The van der Waals surface area contributed by atoms with Gasteiger partial charge >= 0.3 is 5.69 Å². The van der Waals surface area contributed by atoms with Crippen LogP contribution in [0.25, 0.3) is 10.2 Å². The molecule has 2 rings (SSSR count). The van der Waals surface area contributed by atoms with Crippen LogP contribution in [0.2, 0.25) is 0 Å². The number of methoxy groups -OCH3 is 1. The number of aromatic nitrogens is 2. The van der Waals surface area contributed by atoms with Gasteiger partial charge in [-0.25, -0.2) is 15.6 Å². The van der Waals surface area contributed by atoms with Crippen LogP contribution in [0.1, 0.15) is 51.1 Å². The Morgan fingerprint density at radius 3 is 2.45 bits per heavy atom. The minimum atomic E-state index is -1.18. The molecule has 0 saturated carbocycles. The number of rotatable bonds is 9. The van der Waals surface area contributed by atoms with Crippen molar-refractivity contribution >= 4 is 21.6 Å². The lowest BCUT2D eigenvalue weighted by Gasteiger charge is -2.24. The zero-order valence-electron chi connectivity index (χ0n) is 18.2. The molecule has 2 heterocycles. The average Bonchev–Trinajstić information content (AvgIpc) is 2.90. The molecule has 3 N–H and O–H groups in total. The van der Waals surface area contributed by atoms with E-state index in [9.17, 15) is 14.7 Å². The van der Waals surface area contributed by atoms with Gasteiger partial charge in [0.05, 0.1) is 24.1 Å². The number of fused-ring (bicyclic) bond motifs is 1. The summed E-state index contributed by atoms with van der Waals surface area (Å²) in [6.45, 7) is 12.1. The van der Waals surface area contributed by atoms with E-state index in [1.54, 1.807) is 11.7 Å². The number of hydrogen-bond donors (Lipinski definition) is 3. The third kappa shape index (κ3) is 5.53. The lowest BCUT2D eigenvalue weighted by atomic mass is 10.2. The molecule has 0 aliphatic rings. The van der Waals surface area contributed by atoms with E-state index >= 15 is 0 Å². The molecule has 10 heteroatoms. The highest BCUT2D eigenvalue weighted by atomic mass is 32.1. The molecule has 0 aliphatic heterocycles. The second-order valence-electron chi connectivity index (χ2n) is 8.11. The van der Waals surface area contributed by atoms with E-state index in [0.717, 1.165) is 10.4 Å². The van der Waals surface area contributed by atoms with Gasteiger partial charge in [0, 0.05) is 24.6 Å². The Morgan fingerprint density at radius 1 is 1.24 bits per heavy atom. The average molecular weight is 429 g/mol. The van der Waals surface area contributed by atoms with Crippen LogP contribution >= 0.6 is 11.3 Å². The van der Waals surface area contributed by atoms with Crippen molar-refractivity contribution in [3.05, 3.63) is 31.3 Å². The van der Waals surface area contributed by atoms with Gasteiger partial charge in [0.25, 0.3) is 5.56 Å². The van der Waals surface area contributed by atoms with Crippen molar-refractivity contribution in [1.29, 1.82) is 0 Å². The molecule has 2 aromatic rings. The van der Waals surface area contributed by atoms with Gasteiger partial charge in [0.2, 0.25) is 6.41 Å². The number of nitrogens with zero attached hydrogens (tertiary/aromatic N) is 2. The molecular weight excluding hydrogens is 396 g/mol. The van der Waals surface area contributed by atoms with Crippen molar-refractivity contribution in [3.8, 4) is 0 Å². The van der Waals surface area contributed by atoms with Crippen molar-refractivity contribution in [2.45, 2.75) is 72.7 Å². The summed E-state index contributed by atoms with van der Waals surface area (Å²) in [7, 11) is 1.58. The summed E-state index contributed by atoms with van der Waals surface area (Å²) >= 11 is 1.38. The fraction of sp³-hybridized carbons (Fsp3) is 0.684. The zero-order valence-corrected chi connectivity index (χ0v) is 19.0. The lowest BCUT2D eigenvalue weighted by molar-refractivity contribution is -0.187. The Kier molecular flexibility index (Phi) is 7.77. The normalized spacial score (nSPS) is 13.6. The number of nitrogens with one attached hydrogen (secondary N) is 2. The van der Waals surface area contributed by atoms with Crippen LogP contribution in [0.3, 0.4) is 0 Å². The third-order valence-electron chi connectivity index (χ3n) is 4.32. The van der Waals surface area contributed by atoms with Gasteiger partial charge in [-0.2, -0.15) is 0 Å². The van der Waals surface area contributed by atoms with Gasteiger partial charge < -0.3 is 14.6 Å². The molecule has 164 valence electrons. The monoisotopic (exact) mass is 428 g/mol. The Hall–Kier alpha value is -1.56. The number of aliphatic hydroxyl groups is 1. The van der Waals surface area contributed by atoms with Gasteiger partial charge in [0.15, 0.2) is 0 Å². The fourth-order valence-corrected chi connectivity index (χ4v) is 4.25. The minimum Gasteiger partial charge on any atom is -0.383 e. The summed E-state index contributed by atoms with van der Waals surface area (Å²) in [5.74, 6) is 0. The van der Waals surface area contributed by atoms with E-state index in [0.29, 0.717) is 29.9 Å². The quantitative estimate of drug-likeness (QED) is 0.410. The predicted molar refractivity (Wildman–Crippen MR) is 114 cm³/mol. The van der Waals surface area contributed by atoms with Crippen molar-refractivity contribution in [3.63, 3.8) is 0 Å². The van der Waals surface area contributed by atoms with Crippen LogP contribution in [-0.2, 0) is 22.6 Å². The number of thiophene rings is 1. The van der Waals surface area contributed by atoms with Gasteiger partial charge in [-0.05, 0) is 47.1 Å². The summed E-state index contributed by atoms with van der Waals surface area (Å²) in [6, 6.07) is -0.250. The fourth-order valence-electron chi connectivity index (χ4n) is 3.00. The maximum Gasteiger partial charge on any atom is 0.332 e. The van der Waals surface area contributed by atoms with E-state index < -0.39 is 12.0 Å². The van der Waals surface area contributed by atoms with E-state index in [2.05, 4.69) is 10.9 Å². The SMILES string of the molecule is COCCn1c(=O)n(C(C)C)c(=O)c2c(C)c(CNNC(O)OC(C)(C)C)sc21. The van der Waals surface area contributed by atoms with Gasteiger partial charge in [-0.3, -0.25) is 13.9 Å². The summed E-state index contributed by atoms with van der Waals surface area (Å²) in [6.07, 6.45) is -1.18. The number of hydrazine groups is 1. The summed E-state index contributed by atoms with van der Waals surface area (Å²) in [5.41, 5.74) is 5.31. The molecule has 9 nitrogen and oxygen atoms in total. The topological polar surface area (TPSA) is 107 Å². The maximum atomic E-state index is 13.0. The highest BCUT2D eigenvalue weighted by Crippen LogP contribution is 2.28. The molecule has 0 fully saturated rings. The molecule has 0 aliphatic carbocycles. The molecule has 1 atom stereocenters. The van der Waals surface area contributed by atoms with Crippen LogP contribution in [-0.4, -0.2) is 40.0 Å². The Labute approximate surface area is 174 Å². The summed E-state index contributed by atoms with van der Waals surface area (Å²) < 4.78 is 13.4. The molecule has 1 unspecified atom stereocenters. The van der Waals surface area contributed by atoms with Crippen LogP contribution in [0, 0.1) is 6.92 Å². The first kappa shape index (κ1) is 23.7. The molecule has 0 amide bonds. The smallest absolute Gasteiger partial charge is 0.332 e. The van der Waals surface area contributed by atoms with E-state index in [1.807, 2.05) is 41.5 Å². The Balaban J connectivity index is 2.39. The molecular formula is C19H32N4O5S.